The van der Waals surface area contributed by atoms with Crippen molar-refractivity contribution >= 4 is 22.5 Å². The van der Waals surface area contributed by atoms with Gasteiger partial charge in [-0.1, -0.05) is 12.1 Å². The lowest BCUT2D eigenvalue weighted by Gasteiger charge is -2.38. The van der Waals surface area contributed by atoms with Gasteiger partial charge in [-0.15, -0.1) is 0 Å². The number of piperidine rings is 1. The van der Waals surface area contributed by atoms with Gasteiger partial charge in [-0.2, -0.15) is 5.10 Å². The maximum absolute atomic E-state index is 12.8. The second kappa shape index (κ2) is 8.53. The summed E-state index contributed by atoms with van der Waals surface area (Å²) in [7, 11) is 0. The van der Waals surface area contributed by atoms with Gasteiger partial charge in [-0.3, -0.25) is 9.89 Å². The third-order valence-electron chi connectivity index (χ3n) is 6.41. The summed E-state index contributed by atoms with van der Waals surface area (Å²) in [5, 5.41) is 12.0. The summed E-state index contributed by atoms with van der Waals surface area (Å²) in [6.45, 7) is 3.70. The fraction of sp³-hybridized carbons (Fsp3) is 0.435. The van der Waals surface area contributed by atoms with Gasteiger partial charge < -0.3 is 15.0 Å². The summed E-state index contributed by atoms with van der Waals surface area (Å²) in [4.78, 5) is 19.8. The Bertz CT molecular complexity index is 1010. The van der Waals surface area contributed by atoms with Crippen molar-refractivity contribution in [1.29, 1.82) is 0 Å². The zero-order chi connectivity index (χ0) is 20.3. The first-order chi connectivity index (χ1) is 14.8. The van der Waals surface area contributed by atoms with Gasteiger partial charge in [0.05, 0.1) is 6.20 Å². The number of rotatable bonds is 4. The number of hydrogen-bond acceptors (Lipinski definition) is 5. The molecule has 0 saturated carbocycles. The fourth-order valence-electron chi connectivity index (χ4n) is 4.60. The number of likely N-dealkylation sites (tertiary alicyclic amines) is 1. The normalized spacial score (nSPS) is 19.2. The SMILES string of the molecule is O=C(Nc1cc2cc(-c3cn[nH]c3)ccc2cn1)C1CCN(C2CCOCC2)CC1. The summed E-state index contributed by atoms with van der Waals surface area (Å²) in [5.41, 5.74) is 2.12. The van der Waals surface area contributed by atoms with Crippen molar-refractivity contribution in [3.63, 3.8) is 0 Å². The van der Waals surface area contributed by atoms with Gasteiger partial charge in [0.15, 0.2) is 0 Å². The summed E-state index contributed by atoms with van der Waals surface area (Å²) in [5.74, 6) is 0.749. The Labute approximate surface area is 175 Å². The molecule has 0 spiro atoms. The molecule has 0 aliphatic carbocycles. The number of aromatic amines is 1. The van der Waals surface area contributed by atoms with E-state index in [2.05, 4.69) is 37.5 Å². The molecule has 2 saturated heterocycles. The minimum absolute atomic E-state index is 0.0517. The monoisotopic (exact) mass is 405 g/mol. The third kappa shape index (κ3) is 4.08. The highest BCUT2D eigenvalue weighted by Crippen LogP contribution is 2.27. The third-order valence-corrected chi connectivity index (χ3v) is 6.41. The summed E-state index contributed by atoms with van der Waals surface area (Å²) >= 11 is 0. The Morgan fingerprint density at radius 1 is 1.03 bits per heavy atom. The first-order valence-corrected chi connectivity index (χ1v) is 10.8. The Morgan fingerprint density at radius 3 is 2.63 bits per heavy atom. The molecule has 7 nitrogen and oxygen atoms in total. The number of carbonyl (C=O) groups is 1. The van der Waals surface area contributed by atoms with Crippen LogP contribution in [0.4, 0.5) is 5.82 Å². The number of carbonyl (C=O) groups excluding carboxylic acids is 1. The van der Waals surface area contributed by atoms with Crippen LogP contribution in [0.3, 0.4) is 0 Å². The summed E-state index contributed by atoms with van der Waals surface area (Å²) in [6.07, 6.45) is 9.52. The fourth-order valence-corrected chi connectivity index (χ4v) is 4.60. The van der Waals surface area contributed by atoms with Crippen molar-refractivity contribution in [3.8, 4) is 11.1 Å². The van der Waals surface area contributed by atoms with E-state index in [4.69, 9.17) is 4.74 Å². The van der Waals surface area contributed by atoms with E-state index in [1.165, 1.54) is 0 Å². The van der Waals surface area contributed by atoms with Gasteiger partial charge in [0, 0.05) is 48.5 Å². The molecule has 3 aromatic rings. The van der Waals surface area contributed by atoms with Crippen molar-refractivity contribution in [3.05, 3.63) is 42.9 Å². The zero-order valence-corrected chi connectivity index (χ0v) is 17.0. The molecule has 0 radical (unpaired) electrons. The quantitative estimate of drug-likeness (QED) is 0.695. The molecule has 2 aliphatic heterocycles. The highest BCUT2D eigenvalue weighted by molar-refractivity contribution is 5.95. The number of fused-ring (bicyclic) bond motifs is 1. The highest BCUT2D eigenvalue weighted by atomic mass is 16.5. The molecule has 156 valence electrons. The van der Waals surface area contributed by atoms with Crippen LogP contribution < -0.4 is 5.32 Å². The Balaban J connectivity index is 1.23. The van der Waals surface area contributed by atoms with Gasteiger partial charge in [-0.25, -0.2) is 4.98 Å². The molecule has 5 rings (SSSR count). The van der Waals surface area contributed by atoms with E-state index in [0.717, 1.165) is 73.9 Å². The molecule has 4 heterocycles. The first-order valence-electron chi connectivity index (χ1n) is 10.8. The van der Waals surface area contributed by atoms with Gasteiger partial charge in [0.2, 0.25) is 5.91 Å². The van der Waals surface area contributed by atoms with Crippen molar-refractivity contribution in [1.82, 2.24) is 20.1 Å². The zero-order valence-electron chi connectivity index (χ0n) is 17.0. The Morgan fingerprint density at radius 2 is 1.87 bits per heavy atom. The van der Waals surface area contributed by atoms with E-state index in [0.29, 0.717) is 11.9 Å². The van der Waals surface area contributed by atoms with E-state index in [1.54, 1.807) is 6.20 Å². The molecule has 2 aromatic heterocycles. The van der Waals surface area contributed by atoms with Crippen molar-refractivity contribution < 1.29 is 9.53 Å². The number of hydrogen-bond donors (Lipinski definition) is 2. The number of anilines is 1. The number of amides is 1. The Hall–Kier alpha value is -2.77. The average molecular weight is 406 g/mol. The van der Waals surface area contributed by atoms with E-state index >= 15 is 0 Å². The molecule has 0 atom stereocenters. The van der Waals surface area contributed by atoms with Crippen LogP contribution in [-0.4, -0.2) is 58.3 Å². The highest BCUT2D eigenvalue weighted by Gasteiger charge is 2.29. The number of pyridine rings is 1. The van der Waals surface area contributed by atoms with Crippen LogP contribution in [0.1, 0.15) is 25.7 Å². The van der Waals surface area contributed by atoms with Crippen LogP contribution >= 0.6 is 0 Å². The molecule has 0 unspecified atom stereocenters. The standard InChI is InChI=1S/C23H27N5O2/c29-23(16-3-7-28(8-4-16)21-5-9-30-10-6-21)27-22-12-19-11-17(20-14-25-26-15-20)1-2-18(19)13-24-22/h1-2,11-16,21H,3-10H2,(H,25,26)(H,24,27,29). The topological polar surface area (TPSA) is 83.1 Å². The van der Waals surface area contributed by atoms with Gasteiger partial charge >= 0.3 is 0 Å². The maximum atomic E-state index is 12.8. The Kier molecular flexibility index (Phi) is 5.46. The number of benzene rings is 1. The van der Waals surface area contributed by atoms with Gasteiger partial charge in [0.25, 0.3) is 0 Å². The van der Waals surface area contributed by atoms with E-state index in [-0.39, 0.29) is 11.8 Å². The molecular formula is C23H27N5O2. The number of aromatic nitrogens is 3. The number of ether oxygens (including phenoxy) is 1. The lowest BCUT2D eigenvalue weighted by atomic mass is 9.93. The van der Waals surface area contributed by atoms with Crippen LogP contribution in [0, 0.1) is 5.92 Å². The number of nitrogens with one attached hydrogen (secondary N) is 2. The first kappa shape index (κ1) is 19.2. The van der Waals surface area contributed by atoms with Crippen LogP contribution in [0.15, 0.2) is 42.9 Å². The van der Waals surface area contributed by atoms with Crippen LogP contribution in [-0.2, 0) is 9.53 Å². The lowest BCUT2D eigenvalue weighted by Crippen LogP contribution is -2.45. The molecule has 30 heavy (non-hydrogen) atoms. The van der Waals surface area contributed by atoms with Crippen molar-refractivity contribution in [2.45, 2.75) is 31.7 Å². The molecule has 0 bridgehead atoms. The van der Waals surface area contributed by atoms with Crippen molar-refractivity contribution in [2.75, 3.05) is 31.6 Å². The molecule has 1 aromatic carbocycles. The van der Waals surface area contributed by atoms with Gasteiger partial charge in [-0.05, 0) is 61.9 Å². The van der Waals surface area contributed by atoms with E-state index < -0.39 is 0 Å². The molecule has 1 amide bonds. The van der Waals surface area contributed by atoms with Gasteiger partial charge in [0.1, 0.15) is 5.82 Å². The van der Waals surface area contributed by atoms with Crippen LogP contribution in [0.5, 0.6) is 0 Å². The number of H-pyrrole nitrogens is 1. The van der Waals surface area contributed by atoms with Crippen LogP contribution in [0.2, 0.25) is 0 Å². The molecule has 2 N–H and O–H groups in total. The molecular weight excluding hydrogens is 378 g/mol. The summed E-state index contributed by atoms with van der Waals surface area (Å²) in [6, 6.07) is 8.77. The van der Waals surface area contributed by atoms with E-state index in [9.17, 15) is 4.79 Å². The molecule has 2 aliphatic rings. The predicted molar refractivity (Wildman–Crippen MR) is 116 cm³/mol. The lowest BCUT2D eigenvalue weighted by molar-refractivity contribution is -0.121. The average Bonchev–Trinajstić information content (AvgIpc) is 3.34. The maximum Gasteiger partial charge on any atom is 0.228 e. The van der Waals surface area contributed by atoms with Crippen LogP contribution in [0.25, 0.3) is 21.9 Å². The summed E-state index contributed by atoms with van der Waals surface area (Å²) < 4.78 is 5.47. The van der Waals surface area contributed by atoms with E-state index in [1.807, 2.05) is 24.5 Å². The second-order valence-corrected chi connectivity index (χ2v) is 8.26. The largest absolute Gasteiger partial charge is 0.381 e. The van der Waals surface area contributed by atoms with Crippen molar-refractivity contribution in [2.24, 2.45) is 5.92 Å². The number of nitrogens with zero attached hydrogens (tertiary/aromatic N) is 3. The smallest absolute Gasteiger partial charge is 0.228 e. The second-order valence-electron chi connectivity index (χ2n) is 8.26. The minimum atomic E-state index is 0.0517. The molecule has 2 fully saturated rings. The minimum Gasteiger partial charge on any atom is -0.381 e. The molecule has 7 heteroatoms. The predicted octanol–water partition coefficient (Wildman–Crippen LogP) is 3.45.